The lowest BCUT2D eigenvalue weighted by molar-refractivity contribution is 0.241. The molecule has 0 amide bonds. The van der Waals surface area contributed by atoms with Gasteiger partial charge in [-0.2, -0.15) is 11.8 Å². The Hall–Kier alpha value is -0.510. The van der Waals surface area contributed by atoms with Gasteiger partial charge >= 0.3 is 0 Å². The number of aliphatic hydroxyl groups is 1. The van der Waals surface area contributed by atoms with Crippen LogP contribution < -0.4 is 5.32 Å². The third-order valence-corrected chi connectivity index (χ3v) is 3.45. The highest BCUT2D eigenvalue weighted by atomic mass is 32.2. The number of rotatable bonds is 9. The molecule has 0 aromatic heterocycles. The Labute approximate surface area is 109 Å². The molecule has 0 radical (unpaired) electrons. The average Bonchev–Trinajstić information content (AvgIpc) is 2.38. The SMILES string of the molecule is CSCCCCN[C@H](CO)Cc1ccccc1. The summed E-state index contributed by atoms with van der Waals surface area (Å²) in [6, 6.07) is 10.5. The van der Waals surface area contributed by atoms with E-state index in [9.17, 15) is 5.11 Å². The van der Waals surface area contributed by atoms with Crippen molar-refractivity contribution in [3.63, 3.8) is 0 Å². The van der Waals surface area contributed by atoms with Gasteiger partial charge in [-0.15, -0.1) is 0 Å². The number of aliphatic hydroxyl groups excluding tert-OH is 1. The van der Waals surface area contributed by atoms with Crippen LogP contribution in [0, 0.1) is 0 Å². The molecule has 0 heterocycles. The van der Waals surface area contributed by atoms with Crippen molar-refractivity contribution in [2.45, 2.75) is 25.3 Å². The molecule has 0 bridgehead atoms. The van der Waals surface area contributed by atoms with Gasteiger partial charge in [-0.25, -0.2) is 0 Å². The van der Waals surface area contributed by atoms with E-state index >= 15 is 0 Å². The highest BCUT2D eigenvalue weighted by molar-refractivity contribution is 7.98. The predicted molar refractivity (Wildman–Crippen MR) is 76.6 cm³/mol. The molecule has 0 aliphatic carbocycles. The maximum Gasteiger partial charge on any atom is 0.0587 e. The molecular formula is C14H23NOS. The van der Waals surface area contributed by atoms with Crippen molar-refractivity contribution in [3.8, 4) is 0 Å². The second kappa shape index (κ2) is 9.51. The van der Waals surface area contributed by atoms with Crippen LogP contribution in [-0.2, 0) is 6.42 Å². The largest absolute Gasteiger partial charge is 0.395 e. The summed E-state index contributed by atoms with van der Waals surface area (Å²) >= 11 is 1.89. The van der Waals surface area contributed by atoms with Gasteiger partial charge in [0.25, 0.3) is 0 Å². The lowest BCUT2D eigenvalue weighted by Gasteiger charge is -2.16. The van der Waals surface area contributed by atoms with Crippen molar-refractivity contribution in [3.05, 3.63) is 35.9 Å². The van der Waals surface area contributed by atoms with E-state index in [2.05, 4.69) is 23.7 Å². The fourth-order valence-electron chi connectivity index (χ4n) is 1.78. The first-order chi connectivity index (χ1) is 8.36. The van der Waals surface area contributed by atoms with E-state index in [1.54, 1.807) is 0 Å². The smallest absolute Gasteiger partial charge is 0.0587 e. The van der Waals surface area contributed by atoms with Gasteiger partial charge < -0.3 is 10.4 Å². The molecule has 0 saturated heterocycles. The molecule has 1 aromatic rings. The van der Waals surface area contributed by atoms with Crippen molar-refractivity contribution < 1.29 is 5.11 Å². The molecule has 0 spiro atoms. The number of hydrogen-bond donors (Lipinski definition) is 2. The zero-order chi connectivity index (χ0) is 12.3. The fourth-order valence-corrected chi connectivity index (χ4v) is 2.27. The zero-order valence-electron chi connectivity index (χ0n) is 10.6. The maximum absolute atomic E-state index is 9.32. The van der Waals surface area contributed by atoms with E-state index in [1.165, 1.54) is 24.2 Å². The highest BCUT2D eigenvalue weighted by Crippen LogP contribution is 2.03. The van der Waals surface area contributed by atoms with Crippen LogP contribution in [0.3, 0.4) is 0 Å². The first kappa shape index (κ1) is 14.6. The van der Waals surface area contributed by atoms with Gasteiger partial charge in [0, 0.05) is 6.04 Å². The summed E-state index contributed by atoms with van der Waals surface area (Å²) in [6.07, 6.45) is 5.48. The van der Waals surface area contributed by atoms with Gasteiger partial charge in [0.2, 0.25) is 0 Å². The van der Waals surface area contributed by atoms with Crippen molar-refractivity contribution in [1.29, 1.82) is 0 Å². The topological polar surface area (TPSA) is 32.3 Å². The van der Waals surface area contributed by atoms with Crippen LogP contribution in [0.4, 0.5) is 0 Å². The molecular weight excluding hydrogens is 230 g/mol. The van der Waals surface area contributed by atoms with Crippen molar-refractivity contribution in [1.82, 2.24) is 5.32 Å². The average molecular weight is 253 g/mol. The first-order valence-electron chi connectivity index (χ1n) is 6.24. The van der Waals surface area contributed by atoms with E-state index in [0.717, 1.165) is 13.0 Å². The molecule has 96 valence electrons. The molecule has 0 saturated carbocycles. The summed E-state index contributed by atoms with van der Waals surface area (Å²) in [5.41, 5.74) is 1.28. The fraction of sp³-hybridized carbons (Fsp3) is 0.571. The monoisotopic (exact) mass is 253 g/mol. The van der Waals surface area contributed by atoms with Crippen LogP contribution >= 0.6 is 11.8 Å². The molecule has 1 aromatic carbocycles. The van der Waals surface area contributed by atoms with Crippen LogP contribution in [0.1, 0.15) is 18.4 Å². The summed E-state index contributed by atoms with van der Waals surface area (Å²) in [5.74, 6) is 1.23. The van der Waals surface area contributed by atoms with Gasteiger partial charge in [-0.1, -0.05) is 30.3 Å². The predicted octanol–water partition coefficient (Wildman–Crippen LogP) is 2.32. The summed E-state index contributed by atoms with van der Waals surface area (Å²) in [5, 5.41) is 12.7. The van der Waals surface area contributed by atoms with Gasteiger partial charge in [-0.05, 0) is 43.4 Å². The molecule has 17 heavy (non-hydrogen) atoms. The Morgan fingerprint density at radius 2 is 2.00 bits per heavy atom. The van der Waals surface area contributed by atoms with Crippen LogP contribution in [0.15, 0.2) is 30.3 Å². The molecule has 1 rings (SSSR count). The van der Waals surface area contributed by atoms with Crippen molar-refractivity contribution in [2.24, 2.45) is 0 Å². The van der Waals surface area contributed by atoms with Crippen LogP contribution in [0.5, 0.6) is 0 Å². The minimum atomic E-state index is 0.187. The second-order valence-electron chi connectivity index (χ2n) is 4.22. The zero-order valence-corrected chi connectivity index (χ0v) is 11.4. The van der Waals surface area contributed by atoms with Crippen LogP contribution in [0.25, 0.3) is 0 Å². The summed E-state index contributed by atoms with van der Waals surface area (Å²) < 4.78 is 0. The number of thioether (sulfide) groups is 1. The Balaban J connectivity index is 2.20. The molecule has 2 N–H and O–H groups in total. The van der Waals surface area contributed by atoms with E-state index in [-0.39, 0.29) is 12.6 Å². The number of nitrogens with one attached hydrogen (secondary N) is 1. The van der Waals surface area contributed by atoms with E-state index in [1.807, 2.05) is 30.0 Å². The van der Waals surface area contributed by atoms with Gasteiger partial charge in [0.15, 0.2) is 0 Å². The Kier molecular flexibility index (Phi) is 8.14. The van der Waals surface area contributed by atoms with Gasteiger partial charge in [0.05, 0.1) is 6.61 Å². The molecule has 3 heteroatoms. The van der Waals surface area contributed by atoms with Gasteiger partial charge in [-0.3, -0.25) is 0 Å². The third-order valence-electron chi connectivity index (χ3n) is 2.75. The summed E-state index contributed by atoms with van der Waals surface area (Å²) in [7, 11) is 0. The minimum absolute atomic E-state index is 0.187. The first-order valence-corrected chi connectivity index (χ1v) is 7.63. The highest BCUT2D eigenvalue weighted by Gasteiger charge is 2.06. The third kappa shape index (κ3) is 6.71. The van der Waals surface area contributed by atoms with E-state index in [0.29, 0.717) is 0 Å². The lowest BCUT2D eigenvalue weighted by Crippen LogP contribution is -2.35. The van der Waals surface area contributed by atoms with Crippen molar-refractivity contribution >= 4 is 11.8 Å². The molecule has 0 unspecified atom stereocenters. The quantitative estimate of drug-likeness (QED) is 0.663. The molecule has 1 atom stereocenters. The molecule has 2 nitrogen and oxygen atoms in total. The van der Waals surface area contributed by atoms with Crippen LogP contribution in [0.2, 0.25) is 0 Å². The number of hydrogen-bond acceptors (Lipinski definition) is 3. The van der Waals surface area contributed by atoms with E-state index < -0.39 is 0 Å². The normalized spacial score (nSPS) is 12.6. The van der Waals surface area contributed by atoms with Gasteiger partial charge in [0.1, 0.15) is 0 Å². The number of benzene rings is 1. The molecule has 0 aliphatic heterocycles. The van der Waals surface area contributed by atoms with E-state index in [4.69, 9.17) is 0 Å². The van der Waals surface area contributed by atoms with Crippen molar-refractivity contribution in [2.75, 3.05) is 25.2 Å². The summed E-state index contributed by atoms with van der Waals surface area (Å²) in [4.78, 5) is 0. The Bertz CT molecular complexity index is 279. The maximum atomic E-state index is 9.32. The standard InChI is InChI=1S/C14H23NOS/c1-17-10-6-5-9-15-14(12-16)11-13-7-3-2-4-8-13/h2-4,7-8,14-16H,5-6,9-12H2,1H3/t14-/m0/s1. The Morgan fingerprint density at radius 1 is 1.24 bits per heavy atom. The Morgan fingerprint density at radius 3 is 2.65 bits per heavy atom. The lowest BCUT2D eigenvalue weighted by atomic mass is 10.1. The second-order valence-corrected chi connectivity index (χ2v) is 5.21. The molecule has 0 aliphatic rings. The minimum Gasteiger partial charge on any atom is -0.395 e. The summed E-state index contributed by atoms with van der Waals surface area (Å²) in [6.45, 7) is 1.20. The molecule has 0 fully saturated rings. The number of unbranched alkanes of at least 4 members (excludes halogenated alkanes) is 1. The van der Waals surface area contributed by atoms with Crippen LogP contribution in [-0.4, -0.2) is 36.3 Å².